The van der Waals surface area contributed by atoms with Gasteiger partial charge in [0.2, 0.25) is 5.71 Å². The molecule has 8 aromatic carbocycles. The van der Waals surface area contributed by atoms with Crippen molar-refractivity contribution in [3.8, 4) is 79.1 Å². The summed E-state index contributed by atoms with van der Waals surface area (Å²) in [5.74, 6) is 2.31. The van der Waals surface area contributed by atoms with Crippen LogP contribution >= 0.6 is 0 Å². The number of fused-ring (bicyclic) bond motifs is 6. The molecule has 0 saturated carbocycles. The first-order chi connectivity index (χ1) is 30.7. The van der Waals surface area contributed by atoms with Crippen LogP contribution in [0.25, 0.3) is 123 Å². The average Bonchev–Trinajstić information content (AvgIpc) is 3.93. The zero-order valence-electron chi connectivity index (χ0n) is 33.1. The number of hydrogen-bond donors (Lipinski definition) is 0. The predicted molar refractivity (Wildman–Crippen MR) is 248 cm³/mol. The molecule has 0 aliphatic rings. The van der Waals surface area contributed by atoms with Crippen LogP contribution in [0.3, 0.4) is 0 Å². The molecule has 0 aliphatic carbocycles. The lowest BCUT2D eigenvalue weighted by atomic mass is 10.00. The highest BCUT2D eigenvalue weighted by Crippen LogP contribution is 2.42. The third-order valence-electron chi connectivity index (χ3n) is 11.4. The minimum absolute atomic E-state index is 0.529. The second kappa shape index (κ2) is 14.6. The highest BCUT2D eigenvalue weighted by molar-refractivity contribution is 6.14. The normalized spacial score (nSPS) is 11.5. The van der Waals surface area contributed by atoms with Gasteiger partial charge in [0.1, 0.15) is 16.7 Å². The van der Waals surface area contributed by atoms with E-state index >= 15 is 0 Å². The van der Waals surface area contributed by atoms with Crippen LogP contribution in [-0.4, -0.2) is 24.9 Å². The van der Waals surface area contributed by atoms with Gasteiger partial charge < -0.3 is 8.83 Å². The quantitative estimate of drug-likeness (QED) is 0.159. The van der Waals surface area contributed by atoms with Crippen molar-refractivity contribution in [2.45, 2.75) is 0 Å². The van der Waals surface area contributed by atoms with E-state index < -0.39 is 0 Å². The molecule has 0 spiro atoms. The molecule has 0 bridgehead atoms. The molecular weight excluding hydrogens is 763 g/mol. The fourth-order valence-electron chi connectivity index (χ4n) is 8.37. The standard InChI is InChI=1S/C55H33N5O2/c1-5-15-34(16-6-1)35-27-29-39(30-28-35)53-57-52(38-21-11-4-12-22-38)58-54(59-53)45-26-14-25-43-42-24-13-23-41(49(42)62-50(43)45)40-31-32-44-46(33-40)61-55-47(44)48(36-17-7-2-8-18-36)56-51(60-55)37-19-9-3-10-20-37/h1-33H. The molecule has 7 nitrogen and oxygen atoms in total. The number of nitrogens with zero attached hydrogens (tertiary/aromatic N) is 5. The first-order valence-electron chi connectivity index (χ1n) is 20.5. The summed E-state index contributed by atoms with van der Waals surface area (Å²) < 4.78 is 13.5. The van der Waals surface area contributed by atoms with Gasteiger partial charge in [-0.2, -0.15) is 4.98 Å². The van der Waals surface area contributed by atoms with Crippen LogP contribution in [0.15, 0.2) is 209 Å². The van der Waals surface area contributed by atoms with Crippen molar-refractivity contribution >= 4 is 44.0 Å². The number of benzene rings is 8. The molecule has 12 rings (SSSR count). The maximum Gasteiger partial charge on any atom is 0.231 e. The second-order valence-corrected chi connectivity index (χ2v) is 15.2. The molecule has 0 N–H and O–H groups in total. The summed E-state index contributed by atoms with van der Waals surface area (Å²) in [6.45, 7) is 0. The van der Waals surface area contributed by atoms with E-state index in [-0.39, 0.29) is 0 Å². The highest BCUT2D eigenvalue weighted by atomic mass is 16.3. The number of rotatable bonds is 7. The van der Waals surface area contributed by atoms with E-state index in [9.17, 15) is 0 Å². The molecule has 4 heterocycles. The third-order valence-corrected chi connectivity index (χ3v) is 11.4. The van der Waals surface area contributed by atoms with Gasteiger partial charge in [-0.05, 0) is 34.9 Å². The van der Waals surface area contributed by atoms with E-state index in [1.165, 1.54) is 0 Å². The van der Waals surface area contributed by atoms with E-state index in [1.807, 2.05) is 109 Å². The van der Waals surface area contributed by atoms with Gasteiger partial charge in [-0.25, -0.2) is 19.9 Å². The van der Waals surface area contributed by atoms with Gasteiger partial charge in [-0.3, -0.25) is 0 Å². The summed E-state index contributed by atoms with van der Waals surface area (Å²) in [6, 6.07) is 67.6. The minimum Gasteiger partial charge on any atom is -0.455 e. The topological polar surface area (TPSA) is 90.7 Å². The summed E-state index contributed by atoms with van der Waals surface area (Å²) in [4.78, 5) is 25.2. The number of hydrogen-bond acceptors (Lipinski definition) is 7. The van der Waals surface area contributed by atoms with E-state index in [0.29, 0.717) is 40.2 Å². The molecule has 0 amide bonds. The van der Waals surface area contributed by atoms with Crippen molar-refractivity contribution in [3.05, 3.63) is 200 Å². The molecule has 0 atom stereocenters. The van der Waals surface area contributed by atoms with Crippen molar-refractivity contribution in [3.63, 3.8) is 0 Å². The lowest BCUT2D eigenvalue weighted by molar-refractivity contribution is 0.653. The molecule has 0 radical (unpaired) electrons. The second-order valence-electron chi connectivity index (χ2n) is 15.2. The largest absolute Gasteiger partial charge is 0.455 e. The highest BCUT2D eigenvalue weighted by Gasteiger charge is 2.22. The molecule has 0 unspecified atom stereocenters. The summed E-state index contributed by atoms with van der Waals surface area (Å²) in [7, 11) is 0. The molecule has 62 heavy (non-hydrogen) atoms. The van der Waals surface area contributed by atoms with Gasteiger partial charge in [0.25, 0.3) is 0 Å². The summed E-state index contributed by atoms with van der Waals surface area (Å²) in [5, 5.41) is 3.78. The van der Waals surface area contributed by atoms with Crippen molar-refractivity contribution in [2.24, 2.45) is 0 Å². The van der Waals surface area contributed by atoms with Crippen LogP contribution in [0, 0.1) is 0 Å². The van der Waals surface area contributed by atoms with Crippen LogP contribution in [0.4, 0.5) is 0 Å². The van der Waals surface area contributed by atoms with E-state index in [4.69, 9.17) is 33.8 Å². The Morgan fingerprint density at radius 2 is 0.758 bits per heavy atom. The molecular formula is C55H33N5O2. The van der Waals surface area contributed by atoms with Gasteiger partial charge in [0, 0.05) is 44.0 Å². The Labute approximate surface area is 355 Å². The van der Waals surface area contributed by atoms with Crippen molar-refractivity contribution in [1.82, 2.24) is 24.9 Å². The Bertz CT molecular complexity index is 3610. The zero-order valence-corrected chi connectivity index (χ0v) is 33.1. The molecule has 4 aromatic heterocycles. The fraction of sp³-hybridized carbons (Fsp3) is 0. The van der Waals surface area contributed by atoms with Gasteiger partial charge in [0.05, 0.1) is 16.6 Å². The smallest absolute Gasteiger partial charge is 0.231 e. The first-order valence-corrected chi connectivity index (χ1v) is 20.5. The number of aromatic nitrogens is 5. The molecule has 0 fully saturated rings. The Morgan fingerprint density at radius 1 is 0.290 bits per heavy atom. The summed E-state index contributed by atoms with van der Waals surface area (Å²) in [5.41, 5.74) is 12.2. The van der Waals surface area contributed by atoms with Crippen LogP contribution in [-0.2, 0) is 0 Å². The maximum atomic E-state index is 6.94. The minimum atomic E-state index is 0.529. The van der Waals surface area contributed by atoms with Gasteiger partial charge in [-0.1, -0.05) is 182 Å². The van der Waals surface area contributed by atoms with Gasteiger partial charge in [-0.15, -0.1) is 0 Å². The Hall–Kier alpha value is -8.55. The van der Waals surface area contributed by atoms with Crippen molar-refractivity contribution in [2.75, 3.05) is 0 Å². The fourth-order valence-corrected chi connectivity index (χ4v) is 8.37. The predicted octanol–water partition coefficient (Wildman–Crippen LogP) is 14.1. The van der Waals surface area contributed by atoms with E-state index in [2.05, 4.69) is 91.0 Å². The van der Waals surface area contributed by atoms with Crippen LogP contribution in [0.5, 0.6) is 0 Å². The molecule has 290 valence electrons. The van der Waals surface area contributed by atoms with Crippen LogP contribution in [0.1, 0.15) is 0 Å². The van der Waals surface area contributed by atoms with Gasteiger partial charge >= 0.3 is 0 Å². The Morgan fingerprint density at radius 3 is 1.39 bits per heavy atom. The molecule has 0 aliphatic heterocycles. The molecule has 7 heteroatoms. The van der Waals surface area contributed by atoms with E-state index in [0.717, 1.165) is 82.9 Å². The lowest BCUT2D eigenvalue weighted by Gasteiger charge is -2.09. The number of para-hydroxylation sites is 2. The van der Waals surface area contributed by atoms with Crippen molar-refractivity contribution in [1.29, 1.82) is 0 Å². The summed E-state index contributed by atoms with van der Waals surface area (Å²) >= 11 is 0. The zero-order chi connectivity index (χ0) is 41.0. The average molecular weight is 796 g/mol. The monoisotopic (exact) mass is 795 g/mol. The summed E-state index contributed by atoms with van der Waals surface area (Å²) in [6.07, 6.45) is 0. The number of furan rings is 2. The van der Waals surface area contributed by atoms with E-state index in [1.54, 1.807) is 0 Å². The third kappa shape index (κ3) is 6.11. The van der Waals surface area contributed by atoms with Gasteiger partial charge in [0.15, 0.2) is 23.3 Å². The van der Waals surface area contributed by atoms with Crippen LogP contribution in [0.2, 0.25) is 0 Å². The SMILES string of the molecule is c1ccc(-c2ccc(-c3nc(-c4ccccc4)nc(-c4cccc5c4oc4c(-c6ccc7c(c6)oc6nc(-c8ccccc8)nc(-c8ccccc8)c67)cccc45)n3)cc2)cc1. The molecule has 12 aromatic rings. The first kappa shape index (κ1) is 35.4. The van der Waals surface area contributed by atoms with Crippen molar-refractivity contribution < 1.29 is 8.83 Å². The van der Waals surface area contributed by atoms with Crippen LogP contribution < -0.4 is 0 Å². The lowest BCUT2D eigenvalue weighted by Crippen LogP contribution is -2.00. The Balaban J connectivity index is 0.995. The maximum absolute atomic E-state index is 6.94. The molecule has 0 saturated heterocycles. The Kier molecular flexibility index (Phi) is 8.35.